The molecule has 0 aliphatic heterocycles. The van der Waals surface area contributed by atoms with Crippen molar-refractivity contribution >= 4 is 22.9 Å². The summed E-state index contributed by atoms with van der Waals surface area (Å²) in [6.07, 6.45) is 0.881. The van der Waals surface area contributed by atoms with Gasteiger partial charge in [0.05, 0.1) is 10.4 Å². The molecule has 3 N–H and O–H groups in total. The Kier molecular flexibility index (Phi) is 4.40. The van der Waals surface area contributed by atoms with Crippen LogP contribution in [0.1, 0.15) is 27.6 Å². The van der Waals surface area contributed by atoms with Crippen molar-refractivity contribution < 1.29 is 0 Å². The molecule has 2 aromatic rings. The van der Waals surface area contributed by atoms with Crippen LogP contribution in [0.25, 0.3) is 0 Å². The molecule has 0 radical (unpaired) electrons. The quantitative estimate of drug-likeness (QED) is 0.661. The Bertz CT molecular complexity index is 516. The van der Waals surface area contributed by atoms with Gasteiger partial charge in [0, 0.05) is 4.88 Å². The molecule has 18 heavy (non-hydrogen) atoms. The van der Waals surface area contributed by atoms with E-state index < -0.39 is 0 Å². The van der Waals surface area contributed by atoms with Crippen LogP contribution in [0.4, 0.5) is 0 Å². The highest BCUT2D eigenvalue weighted by Crippen LogP contribution is 2.29. The third kappa shape index (κ3) is 2.93. The Labute approximate surface area is 117 Å². The second-order valence-corrected chi connectivity index (χ2v) is 6.18. The standard InChI is InChI=1S/C14H17ClN2S/c1-9-4-3-5-10(2)11(9)8-12(17-16)13-6-7-14(15)18-13/h3-7,12,17H,8,16H2,1-2H3. The number of aryl methyl sites for hydroxylation is 2. The van der Waals surface area contributed by atoms with Crippen LogP contribution in [0.5, 0.6) is 0 Å². The van der Waals surface area contributed by atoms with Gasteiger partial charge in [-0.15, -0.1) is 11.3 Å². The van der Waals surface area contributed by atoms with Crippen molar-refractivity contribution in [2.45, 2.75) is 26.3 Å². The van der Waals surface area contributed by atoms with Crippen LogP contribution in [0.15, 0.2) is 30.3 Å². The van der Waals surface area contributed by atoms with E-state index in [1.54, 1.807) is 11.3 Å². The number of hydrazine groups is 1. The first-order chi connectivity index (χ1) is 8.61. The Morgan fingerprint density at radius 3 is 2.39 bits per heavy atom. The number of thiophene rings is 1. The Morgan fingerprint density at radius 2 is 1.89 bits per heavy atom. The lowest BCUT2D eigenvalue weighted by Crippen LogP contribution is -2.29. The van der Waals surface area contributed by atoms with E-state index in [1.165, 1.54) is 21.6 Å². The normalized spacial score (nSPS) is 12.7. The number of benzene rings is 1. The highest BCUT2D eigenvalue weighted by Gasteiger charge is 2.15. The Morgan fingerprint density at radius 1 is 1.22 bits per heavy atom. The number of rotatable bonds is 4. The monoisotopic (exact) mass is 280 g/mol. The maximum absolute atomic E-state index is 5.98. The van der Waals surface area contributed by atoms with Gasteiger partial charge in [-0.2, -0.15) is 0 Å². The predicted octanol–water partition coefficient (Wildman–Crippen LogP) is 3.77. The first kappa shape index (κ1) is 13.6. The van der Waals surface area contributed by atoms with Crippen molar-refractivity contribution in [3.8, 4) is 0 Å². The first-order valence-electron chi connectivity index (χ1n) is 5.88. The molecule has 1 atom stereocenters. The fraction of sp³-hybridized carbons (Fsp3) is 0.286. The minimum absolute atomic E-state index is 0.113. The smallest absolute Gasteiger partial charge is 0.0931 e. The van der Waals surface area contributed by atoms with Gasteiger partial charge in [-0.05, 0) is 49.1 Å². The fourth-order valence-corrected chi connectivity index (χ4v) is 3.25. The van der Waals surface area contributed by atoms with Crippen LogP contribution in [0.2, 0.25) is 4.34 Å². The molecule has 1 aromatic carbocycles. The van der Waals surface area contributed by atoms with Crippen molar-refractivity contribution in [2.24, 2.45) is 5.84 Å². The predicted molar refractivity (Wildman–Crippen MR) is 79.0 cm³/mol. The van der Waals surface area contributed by atoms with Gasteiger partial charge < -0.3 is 0 Å². The van der Waals surface area contributed by atoms with Gasteiger partial charge in [0.25, 0.3) is 0 Å². The summed E-state index contributed by atoms with van der Waals surface area (Å²) in [7, 11) is 0. The van der Waals surface area contributed by atoms with E-state index in [4.69, 9.17) is 17.4 Å². The van der Waals surface area contributed by atoms with E-state index in [-0.39, 0.29) is 6.04 Å². The fourth-order valence-electron chi connectivity index (χ4n) is 2.13. The maximum Gasteiger partial charge on any atom is 0.0931 e. The number of hydrogen-bond donors (Lipinski definition) is 2. The highest BCUT2D eigenvalue weighted by atomic mass is 35.5. The summed E-state index contributed by atoms with van der Waals surface area (Å²) in [6.45, 7) is 4.27. The van der Waals surface area contributed by atoms with Crippen LogP contribution >= 0.6 is 22.9 Å². The van der Waals surface area contributed by atoms with E-state index in [0.29, 0.717) is 0 Å². The van der Waals surface area contributed by atoms with Gasteiger partial charge in [-0.1, -0.05) is 29.8 Å². The summed E-state index contributed by atoms with van der Waals surface area (Å²) in [5.41, 5.74) is 6.85. The molecule has 2 rings (SSSR count). The maximum atomic E-state index is 5.98. The average Bonchev–Trinajstić information content (AvgIpc) is 2.76. The lowest BCUT2D eigenvalue weighted by atomic mass is 9.96. The van der Waals surface area contributed by atoms with Gasteiger partial charge in [0.15, 0.2) is 0 Å². The molecule has 0 saturated heterocycles. The molecular weight excluding hydrogens is 264 g/mol. The van der Waals surface area contributed by atoms with Gasteiger partial charge >= 0.3 is 0 Å². The lowest BCUT2D eigenvalue weighted by Gasteiger charge is -2.17. The topological polar surface area (TPSA) is 38.0 Å². The molecule has 0 spiro atoms. The summed E-state index contributed by atoms with van der Waals surface area (Å²) in [4.78, 5) is 1.17. The largest absolute Gasteiger partial charge is 0.271 e. The molecule has 0 aliphatic carbocycles. The molecule has 0 saturated carbocycles. The van der Waals surface area contributed by atoms with E-state index >= 15 is 0 Å². The van der Waals surface area contributed by atoms with Gasteiger partial charge in [-0.25, -0.2) is 0 Å². The van der Waals surface area contributed by atoms with E-state index in [1.807, 2.05) is 12.1 Å². The highest BCUT2D eigenvalue weighted by molar-refractivity contribution is 7.16. The molecule has 96 valence electrons. The number of halogens is 1. The molecular formula is C14H17ClN2S. The number of nitrogens with two attached hydrogens (primary N) is 1. The molecule has 2 nitrogen and oxygen atoms in total. The molecule has 1 unspecified atom stereocenters. The third-order valence-corrected chi connectivity index (χ3v) is 4.54. The third-order valence-electron chi connectivity index (χ3n) is 3.19. The van der Waals surface area contributed by atoms with Crippen molar-refractivity contribution in [1.82, 2.24) is 5.43 Å². The van der Waals surface area contributed by atoms with E-state index in [0.717, 1.165) is 10.8 Å². The van der Waals surface area contributed by atoms with Crippen LogP contribution in [0.3, 0.4) is 0 Å². The van der Waals surface area contributed by atoms with Gasteiger partial charge in [0.1, 0.15) is 0 Å². The molecule has 0 bridgehead atoms. The van der Waals surface area contributed by atoms with Crippen LogP contribution < -0.4 is 11.3 Å². The average molecular weight is 281 g/mol. The van der Waals surface area contributed by atoms with Crippen molar-refractivity contribution in [3.05, 3.63) is 56.2 Å². The van der Waals surface area contributed by atoms with Crippen molar-refractivity contribution in [1.29, 1.82) is 0 Å². The van der Waals surface area contributed by atoms with Crippen LogP contribution in [0, 0.1) is 13.8 Å². The van der Waals surface area contributed by atoms with E-state index in [9.17, 15) is 0 Å². The molecule has 1 aromatic heterocycles. The molecule has 4 heteroatoms. The summed E-state index contributed by atoms with van der Waals surface area (Å²) in [5, 5.41) is 0. The molecule has 0 aliphatic rings. The van der Waals surface area contributed by atoms with Crippen LogP contribution in [-0.4, -0.2) is 0 Å². The van der Waals surface area contributed by atoms with Crippen molar-refractivity contribution in [3.63, 3.8) is 0 Å². The summed E-state index contributed by atoms with van der Waals surface area (Å²) >= 11 is 7.55. The van der Waals surface area contributed by atoms with Crippen molar-refractivity contribution in [2.75, 3.05) is 0 Å². The zero-order chi connectivity index (χ0) is 13.1. The summed E-state index contributed by atoms with van der Waals surface area (Å²) in [5.74, 6) is 5.68. The lowest BCUT2D eigenvalue weighted by molar-refractivity contribution is 0.558. The minimum Gasteiger partial charge on any atom is -0.271 e. The summed E-state index contributed by atoms with van der Waals surface area (Å²) in [6, 6.07) is 10.4. The van der Waals surface area contributed by atoms with Crippen LogP contribution in [-0.2, 0) is 6.42 Å². The number of nitrogens with one attached hydrogen (secondary N) is 1. The zero-order valence-corrected chi connectivity index (χ0v) is 12.1. The molecule has 0 fully saturated rings. The molecule has 0 amide bonds. The number of hydrogen-bond acceptors (Lipinski definition) is 3. The second-order valence-electron chi connectivity index (χ2n) is 4.44. The van der Waals surface area contributed by atoms with Gasteiger partial charge in [-0.3, -0.25) is 11.3 Å². The Balaban J connectivity index is 2.26. The Hall–Kier alpha value is -0.870. The van der Waals surface area contributed by atoms with E-state index in [2.05, 4.69) is 37.5 Å². The summed E-state index contributed by atoms with van der Waals surface area (Å²) < 4.78 is 0.798. The zero-order valence-electron chi connectivity index (χ0n) is 10.5. The molecule has 1 heterocycles. The SMILES string of the molecule is Cc1cccc(C)c1CC(NN)c1ccc(Cl)s1. The minimum atomic E-state index is 0.113. The first-order valence-corrected chi connectivity index (χ1v) is 7.07. The van der Waals surface area contributed by atoms with Gasteiger partial charge in [0.2, 0.25) is 0 Å². The second kappa shape index (κ2) is 5.85.